The Morgan fingerprint density at radius 2 is 1.71 bits per heavy atom. The van der Waals surface area contributed by atoms with Gasteiger partial charge in [0.2, 0.25) is 0 Å². The highest BCUT2D eigenvalue weighted by Gasteiger charge is 2.40. The zero-order valence-corrected chi connectivity index (χ0v) is 11.9. The molecule has 1 rings (SSSR count). The van der Waals surface area contributed by atoms with E-state index in [4.69, 9.17) is 10.8 Å². The fourth-order valence-electron chi connectivity index (χ4n) is 1.81. The van der Waals surface area contributed by atoms with E-state index in [-0.39, 0.29) is 18.4 Å². The maximum absolute atomic E-state index is 12.3. The number of rotatable bonds is 6. The molecule has 0 heterocycles. The van der Waals surface area contributed by atoms with Crippen molar-refractivity contribution >= 4 is 23.5 Å². The van der Waals surface area contributed by atoms with E-state index in [1.54, 1.807) is 0 Å². The zero-order chi connectivity index (χ0) is 16.2. The number of nitrogens with zero attached hydrogens (tertiary/aromatic N) is 1. The van der Waals surface area contributed by atoms with Crippen molar-refractivity contribution in [3.05, 3.63) is 29.8 Å². The molecular weight excluding hydrogens is 276 g/mol. The van der Waals surface area contributed by atoms with Gasteiger partial charge in [0.05, 0.1) is 0 Å². The standard InChI is InChI=1S/C14H18N2O5/c1-14(13(20)21,8-7-11(17)18)16(2)12(19)9-3-5-10(15)6-4-9/h3-6H,7-8,15H2,1-2H3,(H,17,18)(H,20,21)/t14-/m0/s1. The third-order valence-electron chi connectivity index (χ3n) is 3.49. The summed E-state index contributed by atoms with van der Waals surface area (Å²) in [5.74, 6) is -2.88. The van der Waals surface area contributed by atoms with Crippen LogP contribution in [-0.2, 0) is 9.59 Å². The Labute approximate surface area is 122 Å². The predicted molar refractivity (Wildman–Crippen MR) is 75.9 cm³/mol. The summed E-state index contributed by atoms with van der Waals surface area (Å²) in [4.78, 5) is 35.5. The summed E-state index contributed by atoms with van der Waals surface area (Å²) in [5, 5.41) is 18.1. The van der Waals surface area contributed by atoms with Crippen LogP contribution < -0.4 is 5.73 Å². The van der Waals surface area contributed by atoms with Gasteiger partial charge in [-0.3, -0.25) is 9.59 Å². The minimum atomic E-state index is -1.60. The van der Waals surface area contributed by atoms with E-state index >= 15 is 0 Å². The summed E-state index contributed by atoms with van der Waals surface area (Å²) in [7, 11) is 1.34. The summed E-state index contributed by atoms with van der Waals surface area (Å²) in [6.45, 7) is 1.33. The number of carbonyl (C=O) groups excluding carboxylic acids is 1. The van der Waals surface area contributed by atoms with Gasteiger partial charge in [-0.2, -0.15) is 0 Å². The lowest BCUT2D eigenvalue weighted by Crippen LogP contribution is -2.53. The Morgan fingerprint density at radius 1 is 1.19 bits per heavy atom. The Hall–Kier alpha value is -2.57. The minimum Gasteiger partial charge on any atom is -0.481 e. The number of hydrogen-bond donors (Lipinski definition) is 3. The van der Waals surface area contributed by atoms with Crippen molar-refractivity contribution in [2.45, 2.75) is 25.3 Å². The van der Waals surface area contributed by atoms with Gasteiger partial charge in [-0.05, 0) is 37.6 Å². The van der Waals surface area contributed by atoms with Gasteiger partial charge in [0.15, 0.2) is 0 Å². The fraction of sp³-hybridized carbons (Fsp3) is 0.357. The molecule has 1 aromatic rings. The van der Waals surface area contributed by atoms with Crippen LogP contribution in [0.3, 0.4) is 0 Å². The number of amides is 1. The van der Waals surface area contributed by atoms with E-state index in [0.29, 0.717) is 5.69 Å². The van der Waals surface area contributed by atoms with Crippen LogP contribution >= 0.6 is 0 Å². The molecule has 0 aliphatic rings. The molecule has 0 unspecified atom stereocenters. The van der Waals surface area contributed by atoms with Crippen LogP contribution in [0.2, 0.25) is 0 Å². The molecule has 21 heavy (non-hydrogen) atoms. The van der Waals surface area contributed by atoms with Gasteiger partial charge in [0.25, 0.3) is 5.91 Å². The van der Waals surface area contributed by atoms with Crippen LogP contribution in [0.15, 0.2) is 24.3 Å². The molecule has 7 heteroatoms. The van der Waals surface area contributed by atoms with E-state index < -0.39 is 23.4 Å². The van der Waals surface area contributed by atoms with Crippen molar-refractivity contribution in [3.8, 4) is 0 Å². The van der Waals surface area contributed by atoms with E-state index in [1.807, 2.05) is 0 Å². The number of carbonyl (C=O) groups is 3. The molecule has 114 valence electrons. The molecule has 0 fully saturated rings. The zero-order valence-electron chi connectivity index (χ0n) is 11.9. The van der Waals surface area contributed by atoms with Crippen LogP contribution in [0.1, 0.15) is 30.1 Å². The molecule has 1 amide bonds. The van der Waals surface area contributed by atoms with Crippen molar-refractivity contribution < 1.29 is 24.6 Å². The van der Waals surface area contributed by atoms with Crippen LogP contribution in [0.5, 0.6) is 0 Å². The molecule has 0 spiro atoms. The number of nitrogens with two attached hydrogens (primary N) is 1. The number of aliphatic carboxylic acids is 2. The third kappa shape index (κ3) is 3.71. The number of carboxylic acid groups (broad SMARTS) is 2. The van der Waals surface area contributed by atoms with Crippen molar-refractivity contribution in [1.29, 1.82) is 0 Å². The van der Waals surface area contributed by atoms with Crippen LogP contribution in [0, 0.1) is 0 Å². The summed E-state index contributed by atoms with van der Waals surface area (Å²) >= 11 is 0. The van der Waals surface area contributed by atoms with Gasteiger partial charge in [-0.25, -0.2) is 4.79 Å². The molecule has 4 N–H and O–H groups in total. The average molecular weight is 294 g/mol. The number of likely N-dealkylation sites (N-methyl/N-ethyl adjacent to an activating group) is 1. The first kappa shape index (κ1) is 16.5. The van der Waals surface area contributed by atoms with E-state index in [0.717, 1.165) is 4.90 Å². The third-order valence-corrected chi connectivity index (χ3v) is 3.49. The van der Waals surface area contributed by atoms with Gasteiger partial charge >= 0.3 is 11.9 Å². The Bertz CT molecular complexity index is 555. The van der Waals surface area contributed by atoms with E-state index in [2.05, 4.69) is 0 Å². The summed E-state index contributed by atoms with van der Waals surface area (Å²) in [5.41, 5.74) is 4.71. The largest absolute Gasteiger partial charge is 0.481 e. The van der Waals surface area contributed by atoms with Crippen LogP contribution in [0.25, 0.3) is 0 Å². The van der Waals surface area contributed by atoms with Gasteiger partial charge in [0, 0.05) is 24.7 Å². The Morgan fingerprint density at radius 3 is 2.14 bits per heavy atom. The first-order valence-electron chi connectivity index (χ1n) is 6.27. The number of hydrogen-bond acceptors (Lipinski definition) is 4. The normalized spacial score (nSPS) is 13.2. The Kier molecular flexibility index (Phi) is 4.91. The Balaban J connectivity index is 3.02. The molecule has 0 saturated heterocycles. The van der Waals surface area contributed by atoms with E-state index in [9.17, 15) is 19.5 Å². The lowest BCUT2D eigenvalue weighted by molar-refractivity contribution is -0.149. The topological polar surface area (TPSA) is 121 Å². The molecule has 0 saturated carbocycles. The molecule has 0 aliphatic heterocycles. The maximum atomic E-state index is 12.3. The second-order valence-electron chi connectivity index (χ2n) is 4.96. The number of anilines is 1. The highest BCUT2D eigenvalue weighted by Crippen LogP contribution is 2.23. The second-order valence-corrected chi connectivity index (χ2v) is 4.96. The van der Waals surface area contributed by atoms with Crippen LogP contribution in [-0.4, -0.2) is 45.5 Å². The minimum absolute atomic E-state index is 0.186. The molecule has 1 atom stereocenters. The summed E-state index contributed by atoms with van der Waals surface area (Å²) < 4.78 is 0. The smallest absolute Gasteiger partial charge is 0.329 e. The first-order chi connectivity index (χ1) is 9.68. The molecule has 1 aromatic carbocycles. The van der Waals surface area contributed by atoms with Gasteiger partial charge in [0.1, 0.15) is 5.54 Å². The van der Waals surface area contributed by atoms with Gasteiger partial charge in [-0.15, -0.1) is 0 Å². The quantitative estimate of drug-likeness (QED) is 0.674. The highest BCUT2D eigenvalue weighted by molar-refractivity contribution is 5.97. The average Bonchev–Trinajstić information content (AvgIpc) is 2.43. The van der Waals surface area contributed by atoms with E-state index in [1.165, 1.54) is 38.2 Å². The molecule has 0 radical (unpaired) electrons. The molecular formula is C14H18N2O5. The second kappa shape index (κ2) is 6.25. The van der Waals surface area contributed by atoms with Crippen molar-refractivity contribution in [2.24, 2.45) is 0 Å². The number of carboxylic acids is 2. The number of nitrogen functional groups attached to an aromatic ring is 1. The molecule has 0 bridgehead atoms. The van der Waals surface area contributed by atoms with Gasteiger partial charge in [-0.1, -0.05) is 0 Å². The molecule has 0 aromatic heterocycles. The maximum Gasteiger partial charge on any atom is 0.329 e. The summed E-state index contributed by atoms with van der Waals surface area (Å²) in [6.07, 6.45) is -0.531. The monoisotopic (exact) mass is 294 g/mol. The van der Waals surface area contributed by atoms with Crippen molar-refractivity contribution in [2.75, 3.05) is 12.8 Å². The number of benzene rings is 1. The van der Waals surface area contributed by atoms with Crippen molar-refractivity contribution in [1.82, 2.24) is 4.90 Å². The lowest BCUT2D eigenvalue weighted by atomic mass is 9.93. The molecule has 7 nitrogen and oxygen atoms in total. The highest BCUT2D eigenvalue weighted by atomic mass is 16.4. The lowest BCUT2D eigenvalue weighted by Gasteiger charge is -2.35. The first-order valence-corrected chi connectivity index (χ1v) is 6.27. The van der Waals surface area contributed by atoms with Crippen molar-refractivity contribution in [3.63, 3.8) is 0 Å². The molecule has 0 aliphatic carbocycles. The predicted octanol–water partition coefficient (Wildman–Crippen LogP) is 1.05. The summed E-state index contributed by atoms with van der Waals surface area (Å²) in [6, 6.07) is 6.06. The van der Waals surface area contributed by atoms with Crippen LogP contribution in [0.4, 0.5) is 5.69 Å². The fourth-order valence-corrected chi connectivity index (χ4v) is 1.81. The SMILES string of the molecule is CN(C(=O)c1ccc(N)cc1)[C@@](C)(CCC(=O)O)C(=O)O. The van der Waals surface area contributed by atoms with Gasteiger partial charge < -0.3 is 20.8 Å².